The van der Waals surface area contributed by atoms with Crippen LogP contribution in [0.25, 0.3) is 0 Å². The van der Waals surface area contributed by atoms with E-state index in [4.69, 9.17) is 0 Å². The fourth-order valence-corrected chi connectivity index (χ4v) is 3.57. The van der Waals surface area contributed by atoms with Gasteiger partial charge in [0.1, 0.15) is 0 Å². The Morgan fingerprint density at radius 3 is 1.62 bits per heavy atom. The van der Waals surface area contributed by atoms with E-state index in [9.17, 15) is 5.11 Å². The standard InChI is InChI=1S/C20H42O/c1-4-7-9-10-11-12-14-16-20(17-18-21)19(6-3)15-13-8-5-2/h19-21H,4-18H2,1-3H3. The lowest BCUT2D eigenvalue weighted by atomic mass is 9.80. The van der Waals surface area contributed by atoms with Gasteiger partial charge in [-0.15, -0.1) is 0 Å². The number of hydrogen-bond donors (Lipinski definition) is 1. The van der Waals surface area contributed by atoms with Gasteiger partial charge < -0.3 is 5.11 Å². The van der Waals surface area contributed by atoms with E-state index in [0.717, 1.165) is 18.3 Å². The Hall–Kier alpha value is -0.0400. The van der Waals surface area contributed by atoms with E-state index in [2.05, 4.69) is 20.8 Å². The molecule has 0 aliphatic carbocycles. The fourth-order valence-electron chi connectivity index (χ4n) is 3.57. The molecule has 1 nitrogen and oxygen atoms in total. The van der Waals surface area contributed by atoms with Crippen molar-refractivity contribution in [1.82, 2.24) is 0 Å². The highest BCUT2D eigenvalue weighted by molar-refractivity contribution is 4.70. The number of aliphatic hydroxyl groups is 1. The van der Waals surface area contributed by atoms with Crippen LogP contribution in [0.5, 0.6) is 0 Å². The summed E-state index contributed by atoms with van der Waals surface area (Å²) < 4.78 is 0. The molecule has 0 aliphatic rings. The van der Waals surface area contributed by atoms with E-state index >= 15 is 0 Å². The highest BCUT2D eigenvalue weighted by atomic mass is 16.3. The van der Waals surface area contributed by atoms with Crippen LogP contribution in [0.1, 0.15) is 111 Å². The summed E-state index contributed by atoms with van der Waals surface area (Å²) in [5, 5.41) is 9.35. The quantitative estimate of drug-likeness (QED) is 0.313. The first-order valence-corrected chi connectivity index (χ1v) is 9.90. The molecule has 0 radical (unpaired) electrons. The Labute approximate surface area is 134 Å². The summed E-state index contributed by atoms with van der Waals surface area (Å²) in [5.41, 5.74) is 0. The van der Waals surface area contributed by atoms with Crippen molar-refractivity contribution in [1.29, 1.82) is 0 Å². The minimum absolute atomic E-state index is 0.380. The molecular formula is C20H42O. The molecule has 0 aliphatic heterocycles. The maximum Gasteiger partial charge on any atom is 0.0433 e. The van der Waals surface area contributed by atoms with Crippen LogP contribution in [0.4, 0.5) is 0 Å². The van der Waals surface area contributed by atoms with Crippen molar-refractivity contribution < 1.29 is 5.11 Å². The molecule has 0 saturated carbocycles. The normalized spacial score (nSPS) is 14.3. The van der Waals surface area contributed by atoms with Gasteiger partial charge in [-0.25, -0.2) is 0 Å². The van der Waals surface area contributed by atoms with Crippen LogP contribution in [0.3, 0.4) is 0 Å². The van der Waals surface area contributed by atoms with Gasteiger partial charge >= 0.3 is 0 Å². The molecule has 1 N–H and O–H groups in total. The predicted molar refractivity (Wildman–Crippen MR) is 95.7 cm³/mol. The third-order valence-electron chi connectivity index (χ3n) is 5.05. The lowest BCUT2D eigenvalue weighted by Gasteiger charge is -2.26. The van der Waals surface area contributed by atoms with Gasteiger partial charge in [0.05, 0.1) is 0 Å². The molecule has 0 spiro atoms. The Bertz CT molecular complexity index is 190. The summed E-state index contributed by atoms with van der Waals surface area (Å²) in [6.07, 6.45) is 18.9. The molecular weight excluding hydrogens is 256 g/mol. The average molecular weight is 299 g/mol. The molecule has 0 saturated heterocycles. The maximum absolute atomic E-state index is 9.35. The van der Waals surface area contributed by atoms with E-state index < -0.39 is 0 Å². The van der Waals surface area contributed by atoms with Crippen LogP contribution >= 0.6 is 0 Å². The van der Waals surface area contributed by atoms with Crippen LogP contribution in [-0.2, 0) is 0 Å². The van der Waals surface area contributed by atoms with Crippen molar-refractivity contribution >= 4 is 0 Å². The Morgan fingerprint density at radius 2 is 1.05 bits per heavy atom. The van der Waals surface area contributed by atoms with Crippen molar-refractivity contribution in [2.24, 2.45) is 11.8 Å². The number of aliphatic hydroxyl groups excluding tert-OH is 1. The zero-order valence-corrected chi connectivity index (χ0v) is 15.2. The van der Waals surface area contributed by atoms with Gasteiger partial charge in [0, 0.05) is 6.61 Å². The van der Waals surface area contributed by atoms with Crippen molar-refractivity contribution in [3.63, 3.8) is 0 Å². The zero-order valence-electron chi connectivity index (χ0n) is 15.2. The predicted octanol–water partition coefficient (Wildman–Crippen LogP) is 6.73. The Morgan fingerprint density at radius 1 is 0.571 bits per heavy atom. The molecule has 0 amide bonds. The zero-order chi connectivity index (χ0) is 15.8. The minimum atomic E-state index is 0.380. The molecule has 0 aromatic carbocycles. The summed E-state index contributed by atoms with van der Waals surface area (Å²) >= 11 is 0. The van der Waals surface area contributed by atoms with Crippen LogP contribution in [-0.4, -0.2) is 11.7 Å². The molecule has 21 heavy (non-hydrogen) atoms. The Kier molecular flexibility index (Phi) is 16.3. The molecule has 0 heterocycles. The van der Waals surface area contributed by atoms with E-state index in [-0.39, 0.29) is 0 Å². The number of rotatable bonds is 16. The molecule has 0 fully saturated rings. The lowest BCUT2D eigenvalue weighted by molar-refractivity contribution is 0.194. The van der Waals surface area contributed by atoms with Crippen LogP contribution in [0.15, 0.2) is 0 Å². The van der Waals surface area contributed by atoms with E-state index in [0.29, 0.717) is 6.61 Å². The molecule has 2 unspecified atom stereocenters. The van der Waals surface area contributed by atoms with Crippen molar-refractivity contribution in [2.45, 2.75) is 111 Å². The molecule has 0 bridgehead atoms. The highest BCUT2D eigenvalue weighted by Crippen LogP contribution is 2.29. The second-order valence-electron chi connectivity index (χ2n) is 6.85. The smallest absolute Gasteiger partial charge is 0.0433 e. The summed E-state index contributed by atoms with van der Waals surface area (Å²) in [7, 11) is 0. The first-order chi connectivity index (χ1) is 10.3. The summed E-state index contributed by atoms with van der Waals surface area (Å²) in [4.78, 5) is 0. The van der Waals surface area contributed by atoms with Gasteiger partial charge in [-0.2, -0.15) is 0 Å². The van der Waals surface area contributed by atoms with Crippen LogP contribution in [0.2, 0.25) is 0 Å². The van der Waals surface area contributed by atoms with Crippen molar-refractivity contribution in [3.05, 3.63) is 0 Å². The van der Waals surface area contributed by atoms with Gasteiger partial charge in [0.15, 0.2) is 0 Å². The van der Waals surface area contributed by atoms with E-state index in [1.54, 1.807) is 0 Å². The van der Waals surface area contributed by atoms with Gasteiger partial charge in [-0.1, -0.05) is 104 Å². The average Bonchev–Trinajstić information content (AvgIpc) is 2.50. The second kappa shape index (κ2) is 16.3. The maximum atomic E-state index is 9.35. The molecule has 0 aromatic rings. The lowest BCUT2D eigenvalue weighted by Crippen LogP contribution is -2.16. The summed E-state index contributed by atoms with van der Waals surface area (Å²) in [5.74, 6) is 1.62. The van der Waals surface area contributed by atoms with Crippen molar-refractivity contribution in [2.75, 3.05) is 6.61 Å². The first-order valence-electron chi connectivity index (χ1n) is 9.90. The van der Waals surface area contributed by atoms with Crippen LogP contribution < -0.4 is 0 Å². The van der Waals surface area contributed by atoms with E-state index in [1.165, 1.54) is 83.5 Å². The Balaban J connectivity index is 3.86. The number of unbranched alkanes of at least 4 members (excludes halogenated alkanes) is 8. The van der Waals surface area contributed by atoms with Crippen LogP contribution in [0, 0.1) is 11.8 Å². The largest absolute Gasteiger partial charge is 0.396 e. The highest BCUT2D eigenvalue weighted by Gasteiger charge is 2.18. The molecule has 0 aromatic heterocycles. The minimum Gasteiger partial charge on any atom is -0.396 e. The summed E-state index contributed by atoms with van der Waals surface area (Å²) in [6, 6.07) is 0. The number of hydrogen-bond acceptors (Lipinski definition) is 1. The van der Waals surface area contributed by atoms with Crippen molar-refractivity contribution in [3.8, 4) is 0 Å². The second-order valence-corrected chi connectivity index (χ2v) is 6.85. The SMILES string of the molecule is CCCCCCCCCC(CCO)C(CC)CCCCC. The third-order valence-corrected chi connectivity index (χ3v) is 5.05. The van der Waals surface area contributed by atoms with Gasteiger partial charge in [0.2, 0.25) is 0 Å². The fraction of sp³-hybridized carbons (Fsp3) is 1.00. The molecule has 128 valence electrons. The molecule has 1 heteroatoms. The third kappa shape index (κ3) is 12.2. The molecule has 2 atom stereocenters. The first kappa shape index (κ1) is 21.0. The summed E-state index contributed by atoms with van der Waals surface area (Å²) in [6.45, 7) is 7.28. The van der Waals surface area contributed by atoms with Gasteiger partial charge in [0.25, 0.3) is 0 Å². The molecule has 0 rings (SSSR count). The van der Waals surface area contributed by atoms with E-state index in [1.807, 2.05) is 0 Å². The van der Waals surface area contributed by atoms with Gasteiger partial charge in [-0.05, 0) is 18.3 Å². The monoisotopic (exact) mass is 298 g/mol. The topological polar surface area (TPSA) is 20.2 Å². The van der Waals surface area contributed by atoms with Gasteiger partial charge in [-0.3, -0.25) is 0 Å².